The summed E-state index contributed by atoms with van der Waals surface area (Å²) >= 11 is 6.94. The van der Waals surface area contributed by atoms with E-state index in [9.17, 15) is 0 Å². The lowest BCUT2D eigenvalue weighted by Crippen LogP contribution is -2.19. The average molecular weight is 219 g/mol. The molecule has 0 heterocycles. The van der Waals surface area contributed by atoms with Crippen LogP contribution in [-0.2, 0) is 0 Å². The number of unbranched alkanes of at least 4 members (excludes halogenated alkanes) is 3. The molecule has 0 aromatic heterocycles. The van der Waals surface area contributed by atoms with E-state index in [1.54, 1.807) is 11.8 Å². The summed E-state index contributed by atoms with van der Waals surface area (Å²) in [4.78, 5) is 0. The Balaban J connectivity index is 3.08. The van der Waals surface area contributed by atoms with E-state index in [0.717, 1.165) is 17.3 Å². The van der Waals surface area contributed by atoms with Crippen molar-refractivity contribution in [3.8, 4) is 0 Å². The minimum atomic E-state index is 0.971. The molecule has 1 nitrogen and oxygen atoms in total. The Morgan fingerprint density at radius 1 is 1.15 bits per heavy atom. The zero-order valence-electron chi connectivity index (χ0n) is 8.77. The first-order valence-electron chi connectivity index (χ1n) is 5.21. The van der Waals surface area contributed by atoms with Crippen molar-refractivity contribution in [1.82, 2.24) is 5.32 Å². The molecule has 0 saturated carbocycles. The van der Waals surface area contributed by atoms with Crippen molar-refractivity contribution < 1.29 is 0 Å². The van der Waals surface area contributed by atoms with Crippen LogP contribution in [-0.4, -0.2) is 16.6 Å². The van der Waals surface area contributed by atoms with Crippen molar-refractivity contribution >= 4 is 28.3 Å². The quantitative estimate of drug-likeness (QED) is 0.519. The molecule has 0 aromatic carbocycles. The van der Waals surface area contributed by atoms with Gasteiger partial charge in [0, 0.05) is 12.3 Å². The maximum atomic E-state index is 5.15. The summed E-state index contributed by atoms with van der Waals surface area (Å²) in [6, 6.07) is 0. The minimum absolute atomic E-state index is 0.971. The molecule has 0 saturated heterocycles. The predicted molar refractivity (Wildman–Crippen MR) is 67.5 cm³/mol. The summed E-state index contributed by atoms with van der Waals surface area (Å²) in [5.41, 5.74) is 0. The zero-order chi connectivity index (χ0) is 9.94. The number of hydrogen-bond acceptors (Lipinski definition) is 2. The average Bonchev–Trinajstić information content (AvgIpc) is 2.14. The molecule has 0 aliphatic rings. The van der Waals surface area contributed by atoms with Crippen molar-refractivity contribution in [2.24, 2.45) is 0 Å². The lowest BCUT2D eigenvalue weighted by Gasteiger charge is -2.05. The van der Waals surface area contributed by atoms with Crippen molar-refractivity contribution in [3.05, 3.63) is 0 Å². The Hall–Kier alpha value is 0.240. The van der Waals surface area contributed by atoms with E-state index in [-0.39, 0.29) is 0 Å². The fourth-order valence-corrected chi connectivity index (χ4v) is 2.06. The van der Waals surface area contributed by atoms with Crippen LogP contribution in [0.3, 0.4) is 0 Å². The molecule has 1 N–H and O–H groups in total. The van der Waals surface area contributed by atoms with Crippen LogP contribution < -0.4 is 5.32 Å². The summed E-state index contributed by atoms with van der Waals surface area (Å²) in [6.07, 6.45) is 6.46. The predicted octanol–water partition coefficient (Wildman–Crippen LogP) is 3.58. The van der Waals surface area contributed by atoms with Gasteiger partial charge in [-0.1, -0.05) is 57.1 Å². The Kier molecular flexibility index (Phi) is 10.5. The van der Waals surface area contributed by atoms with E-state index in [1.165, 1.54) is 31.4 Å². The molecule has 0 spiro atoms. The van der Waals surface area contributed by atoms with E-state index in [4.69, 9.17) is 12.2 Å². The maximum absolute atomic E-state index is 5.15. The van der Waals surface area contributed by atoms with Gasteiger partial charge in [-0.05, 0) is 12.8 Å². The SMILES string of the molecule is CCCCCCSC(=S)NCCC. The topological polar surface area (TPSA) is 12.0 Å². The van der Waals surface area contributed by atoms with Gasteiger partial charge in [0.2, 0.25) is 0 Å². The highest BCUT2D eigenvalue weighted by Gasteiger charge is 1.95. The van der Waals surface area contributed by atoms with E-state index in [2.05, 4.69) is 19.2 Å². The van der Waals surface area contributed by atoms with Crippen LogP contribution >= 0.6 is 24.0 Å². The molecular formula is C10H21NS2. The normalized spacial score (nSPS) is 10.0. The Labute approximate surface area is 92.1 Å². The Bertz CT molecular complexity index is 126. The van der Waals surface area contributed by atoms with Gasteiger partial charge >= 0.3 is 0 Å². The van der Waals surface area contributed by atoms with E-state index >= 15 is 0 Å². The van der Waals surface area contributed by atoms with Gasteiger partial charge < -0.3 is 5.32 Å². The van der Waals surface area contributed by atoms with Crippen LogP contribution in [0.5, 0.6) is 0 Å². The van der Waals surface area contributed by atoms with Crippen LogP contribution in [0.2, 0.25) is 0 Å². The summed E-state index contributed by atoms with van der Waals surface area (Å²) in [7, 11) is 0. The molecule has 0 unspecified atom stereocenters. The number of rotatable bonds is 7. The molecule has 0 aromatic rings. The van der Waals surface area contributed by atoms with Crippen molar-refractivity contribution in [1.29, 1.82) is 0 Å². The molecule has 3 heteroatoms. The van der Waals surface area contributed by atoms with Crippen LogP contribution in [0.25, 0.3) is 0 Å². The summed E-state index contributed by atoms with van der Waals surface area (Å²) in [5, 5.41) is 3.22. The third-order valence-electron chi connectivity index (χ3n) is 1.75. The molecule has 78 valence electrons. The Morgan fingerprint density at radius 2 is 1.92 bits per heavy atom. The van der Waals surface area contributed by atoms with Gasteiger partial charge in [-0.25, -0.2) is 0 Å². The van der Waals surface area contributed by atoms with Gasteiger partial charge in [0.15, 0.2) is 0 Å². The monoisotopic (exact) mass is 219 g/mol. The number of thiocarbonyl (C=S) groups is 1. The first-order valence-corrected chi connectivity index (χ1v) is 6.61. The molecule has 0 amide bonds. The van der Waals surface area contributed by atoms with Crippen LogP contribution in [0, 0.1) is 0 Å². The molecule has 0 aliphatic heterocycles. The van der Waals surface area contributed by atoms with Crippen LogP contribution in [0.4, 0.5) is 0 Å². The van der Waals surface area contributed by atoms with Gasteiger partial charge in [0.25, 0.3) is 0 Å². The second kappa shape index (κ2) is 10.3. The van der Waals surface area contributed by atoms with E-state index in [1.807, 2.05) is 0 Å². The van der Waals surface area contributed by atoms with E-state index in [0.29, 0.717) is 0 Å². The second-order valence-electron chi connectivity index (χ2n) is 3.12. The minimum Gasteiger partial charge on any atom is -0.371 e. The molecule has 0 fully saturated rings. The van der Waals surface area contributed by atoms with Crippen LogP contribution in [0.1, 0.15) is 46.0 Å². The molecular weight excluding hydrogens is 198 g/mol. The van der Waals surface area contributed by atoms with Crippen LogP contribution in [0.15, 0.2) is 0 Å². The highest BCUT2D eigenvalue weighted by atomic mass is 32.2. The third-order valence-corrected chi connectivity index (χ3v) is 3.15. The Morgan fingerprint density at radius 3 is 2.54 bits per heavy atom. The van der Waals surface area contributed by atoms with Gasteiger partial charge in [-0.15, -0.1) is 0 Å². The highest BCUT2D eigenvalue weighted by molar-refractivity contribution is 8.22. The first-order chi connectivity index (χ1) is 6.31. The van der Waals surface area contributed by atoms with Crippen molar-refractivity contribution in [2.75, 3.05) is 12.3 Å². The smallest absolute Gasteiger partial charge is 0.133 e. The summed E-state index contributed by atoms with van der Waals surface area (Å²) in [5.74, 6) is 1.18. The number of thioether (sulfide) groups is 1. The van der Waals surface area contributed by atoms with Gasteiger partial charge in [0.1, 0.15) is 4.32 Å². The number of nitrogens with one attached hydrogen (secondary N) is 1. The molecule has 0 radical (unpaired) electrons. The second-order valence-corrected chi connectivity index (χ2v) is 4.90. The van der Waals surface area contributed by atoms with Gasteiger partial charge in [-0.3, -0.25) is 0 Å². The molecule has 0 atom stereocenters. The van der Waals surface area contributed by atoms with Gasteiger partial charge in [0.05, 0.1) is 0 Å². The fourth-order valence-electron chi connectivity index (χ4n) is 0.972. The van der Waals surface area contributed by atoms with E-state index < -0.39 is 0 Å². The lowest BCUT2D eigenvalue weighted by atomic mass is 10.2. The van der Waals surface area contributed by atoms with Gasteiger partial charge in [-0.2, -0.15) is 0 Å². The summed E-state index contributed by atoms with van der Waals surface area (Å²) in [6.45, 7) is 5.41. The molecule has 0 rings (SSSR count). The van der Waals surface area contributed by atoms with Crippen molar-refractivity contribution in [2.45, 2.75) is 46.0 Å². The fraction of sp³-hybridized carbons (Fsp3) is 0.900. The highest BCUT2D eigenvalue weighted by Crippen LogP contribution is 2.08. The summed E-state index contributed by atoms with van der Waals surface area (Å²) < 4.78 is 0.971. The number of hydrogen-bond donors (Lipinski definition) is 1. The first kappa shape index (κ1) is 13.2. The zero-order valence-corrected chi connectivity index (χ0v) is 10.4. The standard InChI is InChI=1S/C10H21NS2/c1-3-5-6-7-9-13-10(12)11-8-4-2/h3-9H2,1-2H3,(H,11,12). The lowest BCUT2D eigenvalue weighted by molar-refractivity contribution is 0.707. The largest absolute Gasteiger partial charge is 0.371 e. The maximum Gasteiger partial charge on any atom is 0.133 e. The molecule has 13 heavy (non-hydrogen) atoms. The van der Waals surface area contributed by atoms with Crippen molar-refractivity contribution in [3.63, 3.8) is 0 Å². The molecule has 0 aliphatic carbocycles. The molecule has 0 bridgehead atoms. The third kappa shape index (κ3) is 10.2.